The molecule has 1 unspecified atom stereocenters. The van der Waals surface area contributed by atoms with Crippen molar-refractivity contribution in [2.24, 2.45) is 0 Å². The molecule has 1 saturated heterocycles. The Morgan fingerprint density at radius 2 is 2.12 bits per heavy atom. The third kappa shape index (κ3) is 4.13. The van der Waals surface area contributed by atoms with E-state index in [1.807, 2.05) is 5.38 Å². The highest BCUT2D eigenvalue weighted by Gasteiger charge is 2.20. The summed E-state index contributed by atoms with van der Waals surface area (Å²) in [5, 5.41) is 15.1. The van der Waals surface area contributed by atoms with Gasteiger partial charge in [0.05, 0.1) is 29.5 Å². The number of aliphatic hydroxyl groups is 1. The van der Waals surface area contributed by atoms with Gasteiger partial charge in [-0.3, -0.25) is 0 Å². The molecular weight excluding hydrogens is 348 g/mol. The molecule has 0 saturated carbocycles. The van der Waals surface area contributed by atoms with Crippen LogP contribution in [0.2, 0.25) is 0 Å². The standard InChI is InChI=1S/C16H20N2O4S2/c19-7-9-24(20,21)14-5-3-12(4-6-14)17-10-13-11-23-16(18-13)15-2-1-8-22-15/h3-6,11,15,17,19H,1-2,7-10H2. The van der Waals surface area contributed by atoms with E-state index in [1.54, 1.807) is 35.6 Å². The van der Waals surface area contributed by atoms with Crippen molar-refractivity contribution in [3.63, 3.8) is 0 Å². The van der Waals surface area contributed by atoms with Crippen LogP contribution in [0.1, 0.15) is 29.6 Å². The molecule has 0 amide bonds. The average Bonchev–Trinajstić information content (AvgIpc) is 3.24. The normalized spacial score (nSPS) is 18.0. The first-order chi connectivity index (χ1) is 11.6. The van der Waals surface area contributed by atoms with Gasteiger partial charge in [0.15, 0.2) is 9.84 Å². The Bertz CT molecular complexity index is 766. The largest absolute Gasteiger partial charge is 0.395 e. The number of sulfone groups is 1. The first kappa shape index (κ1) is 17.3. The lowest BCUT2D eigenvalue weighted by Crippen LogP contribution is -2.10. The average molecular weight is 368 g/mol. The molecule has 1 fully saturated rings. The van der Waals surface area contributed by atoms with Crippen molar-refractivity contribution >= 4 is 26.9 Å². The molecule has 0 bridgehead atoms. The van der Waals surface area contributed by atoms with E-state index in [9.17, 15) is 8.42 Å². The second-order valence-electron chi connectivity index (χ2n) is 5.60. The van der Waals surface area contributed by atoms with Crippen molar-refractivity contribution < 1.29 is 18.3 Å². The highest BCUT2D eigenvalue weighted by Crippen LogP contribution is 2.30. The number of hydrogen-bond donors (Lipinski definition) is 2. The van der Waals surface area contributed by atoms with Crippen LogP contribution in [0, 0.1) is 0 Å². The molecule has 24 heavy (non-hydrogen) atoms. The molecule has 0 spiro atoms. The summed E-state index contributed by atoms with van der Waals surface area (Å²) < 4.78 is 29.3. The number of anilines is 1. The van der Waals surface area contributed by atoms with Crippen LogP contribution in [0.3, 0.4) is 0 Å². The van der Waals surface area contributed by atoms with E-state index >= 15 is 0 Å². The second-order valence-corrected chi connectivity index (χ2v) is 8.60. The van der Waals surface area contributed by atoms with E-state index in [1.165, 1.54) is 0 Å². The molecule has 1 atom stereocenters. The zero-order valence-electron chi connectivity index (χ0n) is 13.1. The molecule has 3 rings (SSSR count). The van der Waals surface area contributed by atoms with Crippen molar-refractivity contribution in [3.05, 3.63) is 40.3 Å². The van der Waals surface area contributed by atoms with Crippen molar-refractivity contribution in [2.45, 2.75) is 30.4 Å². The number of hydrogen-bond acceptors (Lipinski definition) is 7. The monoisotopic (exact) mass is 368 g/mol. The molecule has 1 aliphatic heterocycles. The van der Waals surface area contributed by atoms with Crippen LogP contribution < -0.4 is 5.32 Å². The zero-order chi connectivity index (χ0) is 17.0. The van der Waals surface area contributed by atoms with Crippen LogP contribution in [0.4, 0.5) is 5.69 Å². The molecule has 130 valence electrons. The summed E-state index contributed by atoms with van der Waals surface area (Å²) in [5.41, 5.74) is 1.77. The number of ether oxygens (including phenoxy) is 1. The van der Waals surface area contributed by atoms with E-state index in [0.29, 0.717) is 6.54 Å². The fraction of sp³-hybridized carbons (Fsp3) is 0.438. The number of aromatic nitrogens is 1. The van der Waals surface area contributed by atoms with Gasteiger partial charge in [-0.15, -0.1) is 11.3 Å². The number of rotatable bonds is 7. The minimum Gasteiger partial charge on any atom is -0.395 e. The van der Waals surface area contributed by atoms with Gasteiger partial charge in [-0.2, -0.15) is 0 Å². The molecule has 6 nitrogen and oxygen atoms in total. The maximum atomic E-state index is 11.9. The van der Waals surface area contributed by atoms with Crippen LogP contribution >= 0.6 is 11.3 Å². The topological polar surface area (TPSA) is 88.5 Å². The molecule has 1 aromatic carbocycles. The quantitative estimate of drug-likeness (QED) is 0.780. The van der Waals surface area contributed by atoms with Crippen LogP contribution in [0.5, 0.6) is 0 Å². The summed E-state index contributed by atoms with van der Waals surface area (Å²) in [6, 6.07) is 6.54. The maximum Gasteiger partial charge on any atom is 0.180 e. The lowest BCUT2D eigenvalue weighted by Gasteiger charge is -2.07. The molecule has 2 N–H and O–H groups in total. The van der Waals surface area contributed by atoms with Crippen LogP contribution in [0.15, 0.2) is 34.5 Å². The van der Waals surface area contributed by atoms with Gasteiger partial charge in [-0.25, -0.2) is 13.4 Å². The Morgan fingerprint density at radius 3 is 2.79 bits per heavy atom. The molecule has 2 aromatic rings. The first-order valence-corrected chi connectivity index (χ1v) is 10.3. The van der Waals surface area contributed by atoms with E-state index in [4.69, 9.17) is 9.84 Å². The third-order valence-corrected chi connectivity index (χ3v) is 6.52. The zero-order valence-corrected chi connectivity index (χ0v) is 14.8. The van der Waals surface area contributed by atoms with Gasteiger partial charge in [0.1, 0.15) is 11.1 Å². The minimum absolute atomic E-state index is 0.139. The Hall–Kier alpha value is -1.48. The fourth-order valence-electron chi connectivity index (χ4n) is 2.53. The Labute approximate surface area is 145 Å². The van der Waals surface area contributed by atoms with Crippen molar-refractivity contribution in [1.29, 1.82) is 0 Å². The van der Waals surface area contributed by atoms with E-state index in [0.717, 1.165) is 35.8 Å². The van der Waals surface area contributed by atoms with Gasteiger partial charge in [-0.05, 0) is 37.1 Å². The summed E-state index contributed by atoms with van der Waals surface area (Å²) in [5.74, 6) is -0.259. The van der Waals surface area contributed by atoms with Gasteiger partial charge in [0, 0.05) is 17.7 Å². The van der Waals surface area contributed by atoms with Crippen molar-refractivity contribution in [2.75, 3.05) is 24.3 Å². The molecule has 1 aromatic heterocycles. The first-order valence-electron chi connectivity index (χ1n) is 7.82. The van der Waals surface area contributed by atoms with E-state index < -0.39 is 9.84 Å². The predicted octanol–water partition coefficient (Wildman–Crippen LogP) is 2.37. The lowest BCUT2D eigenvalue weighted by molar-refractivity contribution is 0.111. The van der Waals surface area contributed by atoms with Crippen LogP contribution in [0.25, 0.3) is 0 Å². The van der Waals surface area contributed by atoms with Gasteiger partial charge < -0.3 is 15.2 Å². The smallest absolute Gasteiger partial charge is 0.180 e. The van der Waals surface area contributed by atoms with Gasteiger partial charge in [0.25, 0.3) is 0 Å². The molecule has 2 heterocycles. The van der Waals surface area contributed by atoms with Gasteiger partial charge in [0.2, 0.25) is 0 Å². The molecular formula is C16H20N2O4S2. The fourth-order valence-corrected chi connectivity index (χ4v) is 4.46. The number of aliphatic hydroxyl groups excluding tert-OH is 1. The molecule has 0 aliphatic carbocycles. The SMILES string of the molecule is O=S(=O)(CCO)c1ccc(NCc2csc(C3CCCO3)n2)cc1. The predicted molar refractivity (Wildman–Crippen MR) is 92.9 cm³/mol. The number of nitrogens with one attached hydrogen (secondary N) is 1. The second kappa shape index (κ2) is 7.60. The van der Waals surface area contributed by atoms with Crippen molar-refractivity contribution in [1.82, 2.24) is 4.98 Å². The Kier molecular flexibility index (Phi) is 5.50. The highest BCUT2D eigenvalue weighted by molar-refractivity contribution is 7.91. The highest BCUT2D eigenvalue weighted by atomic mass is 32.2. The third-order valence-electron chi connectivity index (χ3n) is 3.82. The van der Waals surface area contributed by atoms with E-state index in [2.05, 4.69) is 10.3 Å². The van der Waals surface area contributed by atoms with Crippen LogP contribution in [-0.2, 0) is 21.1 Å². The lowest BCUT2D eigenvalue weighted by atomic mass is 10.2. The van der Waals surface area contributed by atoms with Gasteiger partial charge >= 0.3 is 0 Å². The Morgan fingerprint density at radius 1 is 1.33 bits per heavy atom. The van der Waals surface area contributed by atoms with Crippen molar-refractivity contribution in [3.8, 4) is 0 Å². The van der Waals surface area contributed by atoms with Gasteiger partial charge in [-0.1, -0.05) is 0 Å². The Balaban J connectivity index is 1.59. The maximum absolute atomic E-state index is 11.9. The van der Waals surface area contributed by atoms with E-state index in [-0.39, 0.29) is 23.4 Å². The summed E-state index contributed by atoms with van der Waals surface area (Å²) in [6.45, 7) is 1.01. The summed E-state index contributed by atoms with van der Waals surface area (Å²) in [4.78, 5) is 4.81. The number of benzene rings is 1. The molecule has 1 aliphatic rings. The molecule has 0 radical (unpaired) electrons. The summed E-state index contributed by atoms with van der Waals surface area (Å²) in [6.07, 6.45) is 2.26. The number of nitrogens with zero attached hydrogens (tertiary/aromatic N) is 1. The molecule has 8 heteroatoms. The summed E-state index contributed by atoms with van der Waals surface area (Å²) >= 11 is 1.61. The minimum atomic E-state index is -3.40. The van der Waals surface area contributed by atoms with Crippen LogP contribution in [-0.4, -0.2) is 37.5 Å². The summed E-state index contributed by atoms with van der Waals surface area (Å²) in [7, 11) is -3.40. The number of thiazole rings is 1.